The fourth-order valence-corrected chi connectivity index (χ4v) is 7.84. The number of nitrogens with one attached hydrogen (secondary N) is 1. The lowest BCUT2D eigenvalue weighted by Crippen LogP contribution is -2.47. The smallest absolute Gasteiger partial charge is 0.320 e. The van der Waals surface area contributed by atoms with E-state index < -0.39 is 12.0 Å². The number of rotatable bonds is 5. The van der Waals surface area contributed by atoms with Gasteiger partial charge in [0.15, 0.2) is 0 Å². The van der Waals surface area contributed by atoms with Crippen LogP contribution < -0.4 is 20.7 Å². The van der Waals surface area contributed by atoms with Crippen LogP contribution in [0.5, 0.6) is 5.88 Å². The molecule has 2 saturated heterocycles. The van der Waals surface area contributed by atoms with Crippen molar-refractivity contribution in [1.29, 1.82) is 0 Å². The quantitative estimate of drug-likeness (QED) is 0.639. The molecule has 0 radical (unpaired) electrons. The molecule has 2 aliphatic heterocycles. The molecule has 4 bridgehead atoms. The van der Waals surface area contributed by atoms with Gasteiger partial charge >= 0.3 is 5.97 Å². The average Bonchev–Trinajstić information content (AvgIpc) is 3.17. The summed E-state index contributed by atoms with van der Waals surface area (Å²) in [5.74, 6) is 5.20. The molecule has 1 atom stereocenters. The standard InChI is InChI=1S/C24H35N5O3/c25-23-27-20(29-3-1-24(2-4-29)11-19(22(30)31)26-13-24)10-21(28-23)32-12-18-16-6-14-5-15(8-16)9-17(18)7-14/h10,14-19,26H,1-9,11-13H2,(H,30,31)(H2,25,27,28)/t14?,15?,16-,17-,18?,19-/m0/s1. The molecule has 7 rings (SSSR count). The van der Waals surface area contributed by atoms with Crippen LogP contribution in [0.2, 0.25) is 0 Å². The minimum atomic E-state index is -0.742. The van der Waals surface area contributed by atoms with Crippen LogP contribution in [0.3, 0.4) is 0 Å². The summed E-state index contributed by atoms with van der Waals surface area (Å²) in [6, 6.07) is 1.53. The second kappa shape index (κ2) is 7.75. The van der Waals surface area contributed by atoms with Crippen molar-refractivity contribution in [1.82, 2.24) is 15.3 Å². The minimum absolute atomic E-state index is 0.0803. The maximum Gasteiger partial charge on any atom is 0.320 e. The van der Waals surface area contributed by atoms with Crippen LogP contribution in [0.1, 0.15) is 51.4 Å². The summed E-state index contributed by atoms with van der Waals surface area (Å²) in [6.45, 7) is 3.22. The molecule has 8 heteroatoms. The van der Waals surface area contributed by atoms with E-state index in [4.69, 9.17) is 10.5 Å². The van der Waals surface area contributed by atoms with Crippen LogP contribution in [0.15, 0.2) is 6.07 Å². The summed E-state index contributed by atoms with van der Waals surface area (Å²) in [5, 5.41) is 12.5. The van der Waals surface area contributed by atoms with E-state index in [2.05, 4.69) is 20.2 Å². The molecule has 174 valence electrons. The van der Waals surface area contributed by atoms with Gasteiger partial charge in [-0.25, -0.2) is 0 Å². The summed E-state index contributed by atoms with van der Waals surface area (Å²) in [4.78, 5) is 22.4. The Balaban J connectivity index is 1.09. The summed E-state index contributed by atoms with van der Waals surface area (Å²) in [6.07, 6.45) is 9.67. The number of carboxylic acid groups (broad SMARTS) is 1. The molecule has 8 nitrogen and oxygen atoms in total. The number of nitrogens with two attached hydrogens (primary N) is 1. The van der Waals surface area contributed by atoms with Gasteiger partial charge in [-0.05, 0) is 86.4 Å². The largest absolute Gasteiger partial charge is 0.480 e. The molecule has 1 aromatic heterocycles. The number of nitrogen functional groups attached to an aromatic ring is 1. The lowest BCUT2D eigenvalue weighted by molar-refractivity contribution is -0.139. The number of anilines is 2. The Morgan fingerprint density at radius 3 is 2.47 bits per heavy atom. The molecule has 3 heterocycles. The van der Waals surface area contributed by atoms with Crippen LogP contribution >= 0.6 is 0 Å². The fourth-order valence-electron chi connectivity index (χ4n) is 7.84. The summed E-state index contributed by atoms with van der Waals surface area (Å²) in [7, 11) is 0. The summed E-state index contributed by atoms with van der Waals surface area (Å²) in [5.41, 5.74) is 6.13. The molecule has 0 aromatic carbocycles. The maximum atomic E-state index is 11.3. The van der Waals surface area contributed by atoms with Crippen LogP contribution in [0, 0.1) is 35.0 Å². The minimum Gasteiger partial charge on any atom is -0.480 e. The second-order valence-corrected chi connectivity index (χ2v) is 11.3. The van der Waals surface area contributed by atoms with Gasteiger partial charge in [0, 0.05) is 25.7 Å². The van der Waals surface area contributed by atoms with E-state index in [1.165, 1.54) is 32.1 Å². The SMILES string of the molecule is Nc1nc(OCC2[C@H]3CC4CC(C3)C[C@@H]2C4)cc(N2CCC3(CC2)CN[C@H](C(=O)O)C3)n1. The molecule has 32 heavy (non-hydrogen) atoms. The number of nitrogens with zero attached hydrogens (tertiary/aromatic N) is 3. The van der Waals surface area contributed by atoms with E-state index >= 15 is 0 Å². The second-order valence-electron chi connectivity index (χ2n) is 11.3. The molecular formula is C24H35N5O3. The summed E-state index contributed by atoms with van der Waals surface area (Å²) < 4.78 is 6.24. The first-order valence-corrected chi connectivity index (χ1v) is 12.4. The molecular weight excluding hydrogens is 406 g/mol. The predicted molar refractivity (Wildman–Crippen MR) is 120 cm³/mol. The van der Waals surface area contributed by atoms with Crippen molar-refractivity contribution in [2.45, 2.75) is 57.4 Å². The van der Waals surface area contributed by atoms with Crippen molar-refractivity contribution in [3.05, 3.63) is 6.07 Å². The zero-order chi connectivity index (χ0) is 21.9. The first-order valence-electron chi connectivity index (χ1n) is 12.4. The van der Waals surface area contributed by atoms with E-state index in [1.54, 1.807) is 0 Å². The highest BCUT2D eigenvalue weighted by Gasteiger charge is 2.48. The van der Waals surface area contributed by atoms with Crippen molar-refractivity contribution >= 4 is 17.7 Å². The van der Waals surface area contributed by atoms with Gasteiger partial charge < -0.3 is 25.8 Å². The lowest BCUT2D eigenvalue weighted by atomic mass is 9.52. The number of carbonyl (C=O) groups is 1. The van der Waals surface area contributed by atoms with Crippen molar-refractivity contribution in [3.8, 4) is 5.88 Å². The van der Waals surface area contributed by atoms with Crippen molar-refractivity contribution < 1.29 is 14.6 Å². The van der Waals surface area contributed by atoms with Crippen LogP contribution in [-0.2, 0) is 4.79 Å². The number of carboxylic acids is 1. The number of aliphatic carboxylic acids is 1. The first kappa shape index (κ1) is 20.5. The molecule has 0 unspecified atom stereocenters. The lowest BCUT2D eigenvalue weighted by Gasteiger charge is -2.54. The third-order valence-electron chi connectivity index (χ3n) is 9.36. The molecule has 1 spiro atoms. The Labute approximate surface area is 189 Å². The monoisotopic (exact) mass is 441 g/mol. The average molecular weight is 442 g/mol. The number of ether oxygens (including phenoxy) is 1. The third kappa shape index (κ3) is 3.70. The Hall–Kier alpha value is -2.09. The predicted octanol–water partition coefficient (Wildman–Crippen LogP) is 2.54. The van der Waals surface area contributed by atoms with Gasteiger partial charge in [-0.3, -0.25) is 4.79 Å². The molecule has 0 amide bonds. The van der Waals surface area contributed by atoms with E-state index in [9.17, 15) is 9.90 Å². The van der Waals surface area contributed by atoms with Gasteiger partial charge in [-0.2, -0.15) is 9.97 Å². The Morgan fingerprint density at radius 2 is 1.84 bits per heavy atom. The summed E-state index contributed by atoms with van der Waals surface area (Å²) >= 11 is 0. The van der Waals surface area contributed by atoms with Crippen molar-refractivity contribution in [2.24, 2.45) is 35.0 Å². The van der Waals surface area contributed by atoms with Crippen LogP contribution in [-0.4, -0.2) is 53.3 Å². The Bertz CT molecular complexity index is 856. The fraction of sp³-hybridized carbons (Fsp3) is 0.792. The van der Waals surface area contributed by atoms with E-state index in [-0.39, 0.29) is 11.4 Å². The molecule has 4 aliphatic carbocycles. The molecule has 1 aromatic rings. The number of hydrogen-bond donors (Lipinski definition) is 3. The van der Waals surface area contributed by atoms with Gasteiger partial charge in [0.25, 0.3) is 0 Å². The maximum absolute atomic E-state index is 11.3. The number of aromatic nitrogens is 2. The Morgan fingerprint density at radius 1 is 1.16 bits per heavy atom. The number of piperidine rings is 1. The van der Waals surface area contributed by atoms with Crippen LogP contribution in [0.4, 0.5) is 11.8 Å². The molecule has 4 N–H and O–H groups in total. The van der Waals surface area contributed by atoms with Gasteiger partial charge in [-0.15, -0.1) is 0 Å². The van der Waals surface area contributed by atoms with E-state index in [0.717, 1.165) is 68.6 Å². The molecule has 6 aliphatic rings. The van der Waals surface area contributed by atoms with E-state index in [0.29, 0.717) is 18.2 Å². The molecule has 4 saturated carbocycles. The number of hydrogen-bond acceptors (Lipinski definition) is 7. The van der Waals surface area contributed by atoms with Crippen molar-refractivity contribution in [3.63, 3.8) is 0 Å². The van der Waals surface area contributed by atoms with Gasteiger partial charge in [-0.1, -0.05) is 0 Å². The normalized spacial score (nSPS) is 37.2. The third-order valence-corrected chi connectivity index (χ3v) is 9.36. The van der Waals surface area contributed by atoms with E-state index in [1.807, 2.05) is 6.07 Å². The zero-order valence-electron chi connectivity index (χ0n) is 18.7. The van der Waals surface area contributed by atoms with Gasteiger partial charge in [0.2, 0.25) is 11.8 Å². The first-order chi connectivity index (χ1) is 15.5. The highest BCUT2D eigenvalue weighted by Crippen LogP contribution is 2.56. The van der Waals surface area contributed by atoms with Crippen LogP contribution in [0.25, 0.3) is 0 Å². The highest BCUT2D eigenvalue weighted by molar-refractivity contribution is 5.74. The van der Waals surface area contributed by atoms with Gasteiger partial charge in [0.1, 0.15) is 11.9 Å². The topological polar surface area (TPSA) is 114 Å². The van der Waals surface area contributed by atoms with Crippen molar-refractivity contribution in [2.75, 3.05) is 36.9 Å². The molecule has 6 fully saturated rings. The highest BCUT2D eigenvalue weighted by atomic mass is 16.5. The van der Waals surface area contributed by atoms with Gasteiger partial charge in [0.05, 0.1) is 6.61 Å². The Kier molecular flexibility index (Phi) is 4.97. The zero-order valence-corrected chi connectivity index (χ0v) is 18.7.